The second kappa shape index (κ2) is 36.7. The predicted octanol–water partition coefficient (Wildman–Crippen LogP) is 12.7. The van der Waals surface area contributed by atoms with Crippen LogP contribution < -0.4 is 5.32 Å². The first-order valence-corrected chi connectivity index (χ1v) is 19.3. The van der Waals surface area contributed by atoms with E-state index in [1.807, 2.05) is 19.0 Å². The number of carbonyl (C=O) groups excluding carboxylic acids is 1. The molecule has 1 N–H and O–H groups in total. The molecule has 0 aromatic rings. The minimum Gasteiger partial charge on any atom is -0.448 e. The molecule has 0 aliphatic heterocycles. The van der Waals surface area contributed by atoms with E-state index < -0.39 is 0 Å². The predicted molar refractivity (Wildman–Crippen MR) is 200 cm³/mol. The van der Waals surface area contributed by atoms with Crippen LogP contribution in [0.5, 0.6) is 0 Å². The number of hydrogen-bond donors (Lipinski definition) is 1. The third-order valence-electron chi connectivity index (χ3n) is 8.38. The first kappa shape index (κ1) is 43.2. The van der Waals surface area contributed by atoms with Crippen molar-refractivity contribution in [1.82, 2.24) is 10.2 Å². The van der Waals surface area contributed by atoms with Crippen LogP contribution in [0.15, 0.2) is 48.6 Å². The minimum absolute atomic E-state index is 0.239. The lowest BCUT2D eigenvalue weighted by Crippen LogP contribution is -2.36. The van der Waals surface area contributed by atoms with Gasteiger partial charge in [-0.2, -0.15) is 0 Å². The number of rotatable bonds is 33. The highest BCUT2D eigenvalue weighted by molar-refractivity contribution is 5.67. The van der Waals surface area contributed by atoms with Gasteiger partial charge in [0.15, 0.2) is 0 Å². The Labute approximate surface area is 281 Å². The van der Waals surface area contributed by atoms with Gasteiger partial charge in [0.05, 0.1) is 0 Å². The topological polar surface area (TPSA) is 41.6 Å². The van der Waals surface area contributed by atoms with Crippen molar-refractivity contribution in [2.24, 2.45) is 0 Å². The van der Waals surface area contributed by atoms with Crippen LogP contribution in [0, 0.1) is 0 Å². The van der Waals surface area contributed by atoms with Crippen LogP contribution in [-0.4, -0.2) is 44.3 Å². The van der Waals surface area contributed by atoms with Gasteiger partial charge in [-0.05, 0) is 84.7 Å². The number of ether oxygens (including phenoxy) is 1. The summed E-state index contributed by atoms with van der Waals surface area (Å²) < 4.78 is 5.43. The summed E-state index contributed by atoms with van der Waals surface area (Å²) in [6.07, 6.45) is 49.5. The van der Waals surface area contributed by atoms with Gasteiger partial charge in [-0.25, -0.2) is 4.79 Å². The average molecular weight is 629 g/mol. The van der Waals surface area contributed by atoms with E-state index in [0.29, 0.717) is 6.61 Å². The van der Waals surface area contributed by atoms with E-state index in [4.69, 9.17) is 4.74 Å². The highest BCUT2D eigenvalue weighted by atomic mass is 16.5. The van der Waals surface area contributed by atoms with Crippen LogP contribution in [0.4, 0.5) is 4.79 Å². The van der Waals surface area contributed by atoms with Crippen LogP contribution >= 0.6 is 0 Å². The maximum absolute atomic E-state index is 12.4. The number of unbranched alkanes of at least 4 members (excludes halogenated alkanes) is 18. The summed E-state index contributed by atoms with van der Waals surface area (Å²) in [7, 11) is 4.00. The number of carbonyl (C=O) groups is 1. The number of likely N-dealkylation sites (N-methyl/N-ethyl adjacent to an activating group) is 1. The van der Waals surface area contributed by atoms with Crippen molar-refractivity contribution in [3.8, 4) is 0 Å². The van der Waals surface area contributed by atoms with E-state index in [-0.39, 0.29) is 12.1 Å². The maximum Gasteiger partial charge on any atom is 0.407 e. The molecule has 0 aromatic carbocycles. The molecule has 0 bridgehead atoms. The molecular weight excluding hydrogens is 552 g/mol. The minimum atomic E-state index is -0.245. The zero-order chi connectivity index (χ0) is 32.9. The standard InChI is InChI=1S/C41H76N2O2/c1-5-7-9-11-13-15-17-19-21-23-25-27-29-31-33-35-37-40(42-41(44)45-39-38-43(3)4)36-34-32-30-28-26-24-22-20-18-16-14-12-10-8-6-2/h13-16,18-21,40H,5-12,17,22-39H2,1-4H3,(H,42,44)/b15-13-,16-14+,20-18-,21-19-. The Morgan fingerprint density at radius 3 is 1.47 bits per heavy atom. The summed E-state index contributed by atoms with van der Waals surface area (Å²) in [6.45, 7) is 5.72. The van der Waals surface area contributed by atoms with Crippen molar-refractivity contribution in [3.63, 3.8) is 0 Å². The Morgan fingerprint density at radius 2 is 1.00 bits per heavy atom. The fraction of sp³-hybridized carbons (Fsp3) is 0.780. The molecular formula is C41H76N2O2. The molecule has 0 spiro atoms. The summed E-state index contributed by atoms with van der Waals surface area (Å²) in [5.41, 5.74) is 0. The lowest BCUT2D eigenvalue weighted by molar-refractivity contribution is 0.131. The summed E-state index contributed by atoms with van der Waals surface area (Å²) in [5, 5.41) is 3.19. The van der Waals surface area contributed by atoms with Crippen molar-refractivity contribution in [2.45, 2.75) is 180 Å². The molecule has 0 aromatic heterocycles. The summed E-state index contributed by atoms with van der Waals surface area (Å²) in [6, 6.07) is 0.239. The zero-order valence-corrected chi connectivity index (χ0v) is 30.6. The third kappa shape index (κ3) is 36.5. The van der Waals surface area contributed by atoms with E-state index in [1.165, 1.54) is 141 Å². The normalized spacial score (nSPS) is 12.9. The van der Waals surface area contributed by atoms with Gasteiger partial charge < -0.3 is 15.0 Å². The van der Waals surface area contributed by atoms with E-state index in [9.17, 15) is 4.79 Å². The molecule has 0 aliphatic rings. The van der Waals surface area contributed by atoms with Crippen LogP contribution in [-0.2, 0) is 4.74 Å². The number of amides is 1. The Morgan fingerprint density at radius 1 is 0.578 bits per heavy atom. The van der Waals surface area contributed by atoms with Crippen molar-refractivity contribution >= 4 is 6.09 Å². The molecule has 0 fully saturated rings. The second-order valence-electron chi connectivity index (χ2n) is 13.2. The summed E-state index contributed by atoms with van der Waals surface area (Å²) in [4.78, 5) is 14.4. The Kier molecular flexibility index (Phi) is 35.2. The summed E-state index contributed by atoms with van der Waals surface area (Å²) >= 11 is 0. The molecule has 1 amide bonds. The van der Waals surface area contributed by atoms with Gasteiger partial charge >= 0.3 is 6.09 Å². The van der Waals surface area contributed by atoms with E-state index >= 15 is 0 Å². The maximum atomic E-state index is 12.4. The van der Waals surface area contributed by atoms with Crippen molar-refractivity contribution in [1.29, 1.82) is 0 Å². The smallest absolute Gasteiger partial charge is 0.407 e. The van der Waals surface area contributed by atoms with Gasteiger partial charge in [-0.3, -0.25) is 0 Å². The van der Waals surface area contributed by atoms with Crippen molar-refractivity contribution < 1.29 is 9.53 Å². The van der Waals surface area contributed by atoms with Gasteiger partial charge in [-0.15, -0.1) is 0 Å². The zero-order valence-electron chi connectivity index (χ0n) is 30.6. The summed E-state index contributed by atoms with van der Waals surface area (Å²) in [5.74, 6) is 0. The van der Waals surface area contributed by atoms with Gasteiger partial charge in [0.25, 0.3) is 0 Å². The van der Waals surface area contributed by atoms with Crippen LogP contribution in [0.1, 0.15) is 174 Å². The SMILES string of the molecule is CCCCC/C=C\C/C=C\CCCCCCCCC(CCCCCCCC/C=C\C=C\CCCCC)NC(=O)OCCN(C)C. The molecule has 45 heavy (non-hydrogen) atoms. The van der Waals surface area contributed by atoms with Crippen LogP contribution in [0.25, 0.3) is 0 Å². The molecule has 262 valence electrons. The Bertz CT molecular complexity index is 725. The van der Waals surface area contributed by atoms with Gasteiger partial charge in [0, 0.05) is 12.6 Å². The Balaban J connectivity index is 4.03. The van der Waals surface area contributed by atoms with Crippen LogP contribution in [0.2, 0.25) is 0 Å². The first-order chi connectivity index (χ1) is 22.1. The molecule has 0 aliphatic carbocycles. The van der Waals surface area contributed by atoms with Crippen molar-refractivity contribution in [3.05, 3.63) is 48.6 Å². The molecule has 1 atom stereocenters. The van der Waals surface area contributed by atoms with E-state index in [2.05, 4.69) is 67.8 Å². The lowest BCUT2D eigenvalue weighted by atomic mass is 10.00. The number of nitrogens with zero attached hydrogens (tertiary/aromatic N) is 1. The number of alkyl carbamates (subject to hydrolysis) is 1. The number of allylic oxidation sites excluding steroid dienone is 8. The molecule has 0 radical (unpaired) electrons. The van der Waals surface area contributed by atoms with Crippen molar-refractivity contribution in [2.75, 3.05) is 27.2 Å². The fourth-order valence-electron chi connectivity index (χ4n) is 5.42. The molecule has 4 nitrogen and oxygen atoms in total. The first-order valence-electron chi connectivity index (χ1n) is 19.3. The quantitative estimate of drug-likeness (QED) is 0.0446. The van der Waals surface area contributed by atoms with Crippen LogP contribution in [0.3, 0.4) is 0 Å². The second-order valence-corrected chi connectivity index (χ2v) is 13.2. The van der Waals surface area contributed by atoms with Gasteiger partial charge in [0.1, 0.15) is 6.61 Å². The largest absolute Gasteiger partial charge is 0.448 e. The van der Waals surface area contributed by atoms with Gasteiger partial charge in [0.2, 0.25) is 0 Å². The Hall–Kier alpha value is -1.81. The monoisotopic (exact) mass is 629 g/mol. The number of nitrogens with one attached hydrogen (secondary N) is 1. The molecule has 0 heterocycles. The lowest BCUT2D eigenvalue weighted by Gasteiger charge is -2.19. The average Bonchev–Trinajstić information content (AvgIpc) is 3.02. The highest BCUT2D eigenvalue weighted by Crippen LogP contribution is 2.15. The van der Waals surface area contributed by atoms with E-state index in [0.717, 1.165) is 25.8 Å². The molecule has 0 saturated heterocycles. The number of hydrogen-bond acceptors (Lipinski definition) is 3. The highest BCUT2D eigenvalue weighted by Gasteiger charge is 2.13. The molecule has 4 heteroatoms. The molecule has 0 saturated carbocycles. The third-order valence-corrected chi connectivity index (χ3v) is 8.38. The molecule has 0 rings (SSSR count). The van der Waals surface area contributed by atoms with Gasteiger partial charge in [-0.1, -0.05) is 152 Å². The fourth-order valence-corrected chi connectivity index (χ4v) is 5.42. The molecule has 1 unspecified atom stereocenters. The van der Waals surface area contributed by atoms with E-state index in [1.54, 1.807) is 0 Å².